The highest BCUT2D eigenvalue weighted by Gasteiger charge is 2.22. The van der Waals surface area contributed by atoms with E-state index >= 15 is 0 Å². The Hall–Kier alpha value is -1.65. The van der Waals surface area contributed by atoms with Gasteiger partial charge in [0, 0.05) is 13.1 Å². The summed E-state index contributed by atoms with van der Waals surface area (Å²) in [4.78, 5) is 13.2. The average molecular weight is 237 g/mol. The number of nitrogens with zero attached hydrogens (tertiary/aromatic N) is 3. The molecule has 1 atom stereocenters. The third-order valence-corrected chi connectivity index (χ3v) is 3.24. The number of aryl methyl sites for hydroxylation is 1. The van der Waals surface area contributed by atoms with Gasteiger partial charge in [0.25, 0.3) is 0 Å². The lowest BCUT2D eigenvalue weighted by molar-refractivity contribution is 0.0696. The van der Waals surface area contributed by atoms with Crippen LogP contribution in [0.1, 0.15) is 41.9 Å². The number of carboxylic acids is 1. The maximum Gasteiger partial charge on any atom is 0.339 e. The molecular weight excluding hydrogens is 218 g/mol. The van der Waals surface area contributed by atoms with Crippen LogP contribution in [0.2, 0.25) is 0 Å². The summed E-state index contributed by atoms with van der Waals surface area (Å²) in [6.07, 6.45) is 0.921. The van der Waals surface area contributed by atoms with Crippen LogP contribution < -0.4 is 4.90 Å². The third kappa shape index (κ3) is 2.54. The summed E-state index contributed by atoms with van der Waals surface area (Å²) in [6.45, 7) is 7.61. The number of carboxylic acid groups (broad SMARTS) is 1. The molecule has 0 bridgehead atoms. The maximum atomic E-state index is 11.3. The number of rotatable bonds is 4. The highest BCUT2D eigenvalue weighted by atomic mass is 16.4. The first-order valence-corrected chi connectivity index (χ1v) is 5.70. The molecule has 0 aliphatic rings. The minimum absolute atomic E-state index is 0.226. The Morgan fingerprint density at radius 3 is 2.47 bits per heavy atom. The van der Waals surface area contributed by atoms with Crippen molar-refractivity contribution in [1.29, 1.82) is 0 Å². The number of carbonyl (C=O) groups is 1. The van der Waals surface area contributed by atoms with Crippen molar-refractivity contribution in [3.63, 3.8) is 0 Å². The van der Waals surface area contributed by atoms with E-state index in [0.717, 1.165) is 6.42 Å². The average Bonchev–Trinajstić information content (AvgIpc) is 2.29. The minimum atomic E-state index is -0.953. The topological polar surface area (TPSA) is 66.3 Å². The van der Waals surface area contributed by atoms with E-state index in [-0.39, 0.29) is 11.6 Å². The Bertz CT molecular complexity index is 432. The van der Waals surface area contributed by atoms with Gasteiger partial charge in [-0.1, -0.05) is 6.92 Å². The van der Waals surface area contributed by atoms with Gasteiger partial charge in [0.1, 0.15) is 5.56 Å². The second kappa shape index (κ2) is 5.12. The van der Waals surface area contributed by atoms with E-state index in [9.17, 15) is 9.90 Å². The van der Waals surface area contributed by atoms with E-state index in [4.69, 9.17) is 0 Å². The van der Waals surface area contributed by atoms with Gasteiger partial charge in [-0.15, -0.1) is 5.10 Å². The van der Waals surface area contributed by atoms with Gasteiger partial charge in [-0.2, -0.15) is 5.10 Å². The highest BCUT2D eigenvalue weighted by molar-refractivity contribution is 5.95. The van der Waals surface area contributed by atoms with Gasteiger partial charge in [-0.3, -0.25) is 0 Å². The number of aromatic carboxylic acids is 1. The molecule has 0 saturated carbocycles. The molecular formula is C12H19N3O2. The van der Waals surface area contributed by atoms with Crippen LogP contribution in [0, 0.1) is 13.8 Å². The van der Waals surface area contributed by atoms with Crippen molar-refractivity contribution in [1.82, 2.24) is 10.2 Å². The van der Waals surface area contributed by atoms with E-state index in [1.54, 1.807) is 13.8 Å². The van der Waals surface area contributed by atoms with Crippen molar-refractivity contribution in [2.45, 2.75) is 40.2 Å². The zero-order valence-electron chi connectivity index (χ0n) is 11.0. The molecule has 0 aliphatic carbocycles. The molecule has 1 aromatic heterocycles. The first kappa shape index (κ1) is 13.4. The number of aromatic nitrogens is 2. The number of hydrogen-bond acceptors (Lipinski definition) is 4. The van der Waals surface area contributed by atoms with Crippen LogP contribution in [0.3, 0.4) is 0 Å². The van der Waals surface area contributed by atoms with E-state index in [1.165, 1.54) is 0 Å². The Morgan fingerprint density at radius 1 is 1.41 bits per heavy atom. The molecule has 1 heterocycles. The molecule has 0 amide bonds. The fourth-order valence-corrected chi connectivity index (χ4v) is 1.58. The Morgan fingerprint density at radius 2 is 2.00 bits per heavy atom. The monoisotopic (exact) mass is 237 g/mol. The summed E-state index contributed by atoms with van der Waals surface area (Å²) < 4.78 is 0. The molecule has 1 N–H and O–H groups in total. The van der Waals surface area contributed by atoms with Gasteiger partial charge in [-0.25, -0.2) is 4.79 Å². The number of anilines is 1. The van der Waals surface area contributed by atoms with Crippen molar-refractivity contribution in [2.75, 3.05) is 11.9 Å². The van der Waals surface area contributed by atoms with Gasteiger partial charge >= 0.3 is 5.97 Å². The zero-order chi connectivity index (χ0) is 13.2. The summed E-state index contributed by atoms with van der Waals surface area (Å²) in [6, 6.07) is 0.226. The van der Waals surface area contributed by atoms with Crippen molar-refractivity contribution in [3.8, 4) is 0 Å². The quantitative estimate of drug-likeness (QED) is 0.867. The normalized spacial score (nSPS) is 12.3. The van der Waals surface area contributed by atoms with Crippen LogP contribution in [0.25, 0.3) is 0 Å². The smallest absolute Gasteiger partial charge is 0.339 e. The molecule has 0 radical (unpaired) electrons. The third-order valence-electron chi connectivity index (χ3n) is 3.24. The lowest BCUT2D eigenvalue weighted by Gasteiger charge is -2.26. The molecule has 1 aromatic rings. The Kier molecular flexibility index (Phi) is 4.04. The Labute approximate surface area is 101 Å². The van der Waals surface area contributed by atoms with Gasteiger partial charge in [0.05, 0.1) is 5.69 Å². The van der Waals surface area contributed by atoms with Crippen molar-refractivity contribution < 1.29 is 9.90 Å². The molecule has 1 rings (SSSR count). The van der Waals surface area contributed by atoms with Crippen molar-refractivity contribution in [3.05, 3.63) is 16.8 Å². The van der Waals surface area contributed by atoms with Gasteiger partial charge in [-0.05, 0) is 32.8 Å². The highest BCUT2D eigenvalue weighted by Crippen LogP contribution is 2.23. The fourth-order valence-electron chi connectivity index (χ4n) is 1.58. The molecule has 94 valence electrons. The van der Waals surface area contributed by atoms with E-state index in [0.29, 0.717) is 17.1 Å². The predicted molar refractivity (Wildman–Crippen MR) is 66.6 cm³/mol. The maximum absolute atomic E-state index is 11.3. The van der Waals surface area contributed by atoms with Crippen LogP contribution in [0.5, 0.6) is 0 Å². The molecule has 1 unspecified atom stereocenters. The summed E-state index contributed by atoms with van der Waals surface area (Å²) in [5.41, 5.74) is 1.58. The molecule has 17 heavy (non-hydrogen) atoms. The fraction of sp³-hybridized carbons (Fsp3) is 0.583. The van der Waals surface area contributed by atoms with Crippen LogP contribution in [-0.2, 0) is 0 Å². The molecule has 0 spiro atoms. The summed E-state index contributed by atoms with van der Waals surface area (Å²) >= 11 is 0. The van der Waals surface area contributed by atoms with Crippen molar-refractivity contribution in [2.24, 2.45) is 0 Å². The van der Waals surface area contributed by atoms with Gasteiger partial charge in [0.15, 0.2) is 5.82 Å². The minimum Gasteiger partial charge on any atom is -0.478 e. The second-order valence-corrected chi connectivity index (χ2v) is 4.28. The Balaban J connectivity index is 3.34. The largest absolute Gasteiger partial charge is 0.478 e. The van der Waals surface area contributed by atoms with Crippen LogP contribution in [0.15, 0.2) is 0 Å². The van der Waals surface area contributed by atoms with Crippen LogP contribution >= 0.6 is 0 Å². The second-order valence-electron chi connectivity index (χ2n) is 4.28. The molecule has 0 fully saturated rings. The number of hydrogen-bond donors (Lipinski definition) is 1. The lowest BCUT2D eigenvalue weighted by Crippen LogP contribution is -2.31. The SMILES string of the molecule is CCC(C)N(C)c1nnc(C)c(C)c1C(=O)O. The van der Waals surface area contributed by atoms with E-state index in [1.807, 2.05) is 18.9 Å². The lowest BCUT2D eigenvalue weighted by atomic mass is 10.1. The molecule has 0 aliphatic heterocycles. The molecule has 0 aromatic carbocycles. The van der Waals surface area contributed by atoms with Gasteiger partial charge in [0.2, 0.25) is 0 Å². The molecule has 0 saturated heterocycles. The standard InChI is InChI=1S/C12H19N3O2/c1-6-7(2)15(5)11-10(12(16)17)8(3)9(4)13-14-11/h7H,6H2,1-5H3,(H,16,17). The first-order chi connectivity index (χ1) is 7.90. The van der Waals surface area contributed by atoms with Gasteiger partial charge < -0.3 is 10.0 Å². The summed E-state index contributed by atoms with van der Waals surface area (Å²) in [5.74, 6) is -0.513. The van der Waals surface area contributed by atoms with Crippen molar-refractivity contribution >= 4 is 11.8 Å². The van der Waals surface area contributed by atoms with E-state index in [2.05, 4.69) is 17.1 Å². The summed E-state index contributed by atoms with van der Waals surface area (Å²) in [7, 11) is 1.85. The summed E-state index contributed by atoms with van der Waals surface area (Å²) in [5, 5.41) is 17.3. The predicted octanol–water partition coefficient (Wildman–Crippen LogP) is 2.03. The molecule has 5 heteroatoms. The zero-order valence-corrected chi connectivity index (χ0v) is 11.0. The molecule has 5 nitrogen and oxygen atoms in total. The first-order valence-electron chi connectivity index (χ1n) is 5.70. The van der Waals surface area contributed by atoms with Crippen LogP contribution in [-0.4, -0.2) is 34.4 Å². The van der Waals surface area contributed by atoms with Crippen LogP contribution in [0.4, 0.5) is 5.82 Å². The van der Waals surface area contributed by atoms with E-state index < -0.39 is 5.97 Å².